The Morgan fingerprint density at radius 2 is 2.00 bits per heavy atom. The Kier molecular flexibility index (Phi) is 3.73. The molecule has 1 aromatic heterocycles. The van der Waals surface area contributed by atoms with Crippen molar-refractivity contribution >= 4 is 5.69 Å². The molecule has 19 heavy (non-hydrogen) atoms. The number of alkyl halides is 3. The van der Waals surface area contributed by atoms with Crippen LogP contribution in [0.25, 0.3) is 11.5 Å². The first kappa shape index (κ1) is 13.4. The summed E-state index contributed by atoms with van der Waals surface area (Å²) in [4.78, 5) is 3.97. The van der Waals surface area contributed by atoms with E-state index < -0.39 is 12.6 Å². The lowest BCUT2D eigenvalue weighted by molar-refractivity contribution is -0.134. The molecule has 0 aliphatic heterocycles. The number of hydrogen-bond acceptors (Lipinski definition) is 4. The second-order valence-electron chi connectivity index (χ2n) is 3.93. The smallest absolute Gasteiger partial charge is 0.387 e. The van der Waals surface area contributed by atoms with E-state index in [4.69, 9.17) is 4.52 Å². The molecule has 0 aliphatic carbocycles. The van der Waals surface area contributed by atoms with Crippen LogP contribution in [-0.4, -0.2) is 23.4 Å². The van der Waals surface area contributed by atoms with Gasteiger partial charge in [-0.3, -0.25) is 0 Å². The zero-order chi connectivity index (χ0) is 13.9. The summed E-state index contributed by atoms with van der Waals surface area (Å²) < 4.78 is 41.3. The molecule has 0 spiro atoms. The van der Waals surface area contributed by atoms with Gasteiger partial charge in [0.2, 0.25) is 0 Å². The number of para-hydroxylation sites is 1. The van der Waals surface area contributed by atoms with Crippen LogP contribution < -0.4 is 5.32 Å². The highest BCUT2D eigenvalue weighted by molar-refractivity contribution is 5.71. The molecule has 1 heterocycles. The van der Waals surface area contributed by atoms with E-state index in [2.05, 4.69) is 15.5 Å². The van der Waals surface area contributed by atoms with Crippen molar-refractivity contribution in [2.75, 3.05) is 12.4 Å². The minimum absolute atomic E-state index is 0.0539. The lowest BCUT2D eigenvalue weighted by atomic mass is 10.2. The molecular formula is C12H12F3N3O. The molecule has 0 fully saturated rings. The quantitative estimate of drug-likeness (QED) is 0.927. The lowest BCUT2D eigenvalue weighted by Crippen LogP contribution is -2.09. The molecule has 102 valence electrons. The molecule has 2 rings (SSSR count). The van der Waals surface area contributed by atoms with Gasteiger partial charge in [0.25, 0.3) is 5.89 Å². The molecule has 1 aromatic carbocycles. The Balaban J connectivity index is 2.17. The molecule has 0 saturated heterocycles. The van der Waals surface area contributed by atoms with Gasteiger partial charge in [0, 0.05) is 19.2 Å². The Bertz CT molecular complexity index is 551. The first-order chi connectivity index (χ1) is 8.99. The third kappa shape index (κ3) is 3.46. The molecule has 0 aliphatic rings. The number of anilines is 1. The van der Waals surface area contributed by atoms with Crippen LogP contribution in [0.15, 0.2) is 28.8 Å². The number of benzene rings is 1. The van der Waals surface area contributed by atoms with Gasteiger partial charge < -0.3 is 9.84 Å². The summed E-state index contributed by atoms with van der Waals surface area (Å²) >= 11 is 0. The number of hydrogen-bond donors (Lipinski definition) is 1. The Morgan fingerprint density at radius 1 is 1.26 bits per heavy atom. The zero-order valence-corrected chi connectivity index (χ0v) is 10.2. The van der Waals surface area contributed by atoms with Crippen LogP contribution in [0.5, 0.6) is 0 Å². The van der Waals surface area contributed by atoms with Crippen molar-refractivity contribution in [2.45, 2.75) is 19.0 Å². The molecule has 0 atom stereocenters. The fourth-order valence-electron chi connectivity index (χ4n) is 1.61. The molecule has 1 N–H and O–H groups in total. The van der Waals surface area contributed by atoms with Crippen molar-refractivity contribution in [1.29, 1.82) is 0 Å². The summed E-state index contributed by atoms with van der Waals surface area (Å²) in [5.74, 6) is 0.264. The highest BCUT2D eigenvalue weighted by Gasteiger charge is 2.27. The van der Waals surface area contributed by atoms with E-state index in [1.54, 1.807) is 19.2 Å². The summed E-state index contributed by atoms with van der Waals surface area (Å²) in [6, 6.07) is 7.19. The largest absolute Gasteiger partial charge is 0.389 e. The maximum absolute atomic E-state index is 12.1. The van der Waals surface area contributed by atoms with Crippen LogP contribution >= 0.6 is 0 Å². The summed E-state index contributed by atoms with van der Waals surface area (Å²) in [7, 11) is 1.74. The predicted molar refractivity (Wildman–Crippen MR) is 63.7 cm³/mol. The number of halogens is 3. The average molecular weight is 271 g/mol. The third-order valence-corrected chi connectivity index (χ3v) is 2.53. The lowest BCUT2D eigenvalue weighted by Gasteiger charge is -2.03. The van der Waals surface area contributed by atoms with Gasteiger partial charge in [0.05, 0.1) is 12.0 Å². The number of aromatic nitrogens is 2. The van der Waals surface area contributed by atoms with Crippen LogP contribution in [0.4, 0.5) is 18.9 Å². The SMILES string of the molecule is CNc1ccccc1-c1nc(CCC(F)(F)F)no1. The first-order valence-electron chi connectivity index (χ1n) is 5.66. The van der Waals surface area contributed by atoms with E-state index in [-0.39, 0.29) is 18.1 Å². The van der Waals surface area contributed by atoms with E-state index in [0.717, 1.165) is 5.69 Å². The molecule has 4 nitrogen and oxygen atoms in total. The van der Waals surface area contributed by atoms with Gasteiger partial charge in [-0.15, -0.1) is 0 Å². The maximum Gasteiger partial charge on any atom is 0.389 e. The number of nitrogens with zero attached hydrogens (tertiary/aromatic N) is 2. The Labute approximate surface area is 107 Å². The standard InChI is InChI=1S/C12H12F3N3O/c1-16-9-5-3-2-4-8(9)11-17-10(18-19-11)6-7-12(13,14)15/h2-5,16H,6-7H2,1H3. The molecule has 0 saturated carbocycles. The average Bonchev–Trinajstić information content (AvgIpc) is 2.84. The summed E-state index contributed by atoms with van der Waals surface area (Å²) in [6.07, 6.45) is -5.46. The van der Waals surface area contributed by atoms with E-state index in [9.17, 15) is 13.2 Å². The van der Waals surface area contributed by atoms with Gasteiger partial charge in [-0.25, -0.2) is 0 Å². The molecule has 7 heteroatoms. The highest BCUT2D eigenvalue weighted by atomic mass is 19.4. The van der Waals surface area contributed by atoms with Gasteiger partial charge in [0.15, 0.2) is 5.82 Å². The summed E-state index contributed by atoms with van der Waals surface area (Å²) in [5.41, 5.74) is 1.43. The van der Waals surface area contributed by atoms with Crippen LogP contribution in [0, 0.1) is 0 Å². The Hall–Kier alpha value is -2.05. The molecule has 0 unspecified atom stereocenters. The van der Waals surface area contributed by atoms with Crippen LogP contribution in [0.3, 0.4) is 0 Å². The van der Waals surface area contributed by atoms with E-state index in [1.165, 1.54) is 0 Å². The van der Waals surface area contributed by atoms with Gasteiger partial charge in [0.1, 0.15) is 0 Å². The van der Waals surface area contributed by atoms with Crippen LogP contribution in [-0.2, 0) is 6.42 Å². The zero-order valence-electron chi connectivity index (χ0n) is 10.2. The van der Waals surface area contributed by atoms with Crippen molar-refractivity contribution in [2.24, 2.45) is 0 Å². The fourth-order valence-corrected chi connectivity index (χ4v) is 1.61. The predicted octanol–water partition coefficient (Wildman–Crippen LogP) is 3.27. The van der Waals surface area contributed by atoms with E-state index in [1.807, 2.05) is 12.1 Å². The monoisotopic (exact) mass is 271 g/mol. The number of nitrogens with one attached hydrogen (secondary N) is 1. The third-order valence-electron chi connectivity index (χ3n) is 2.53. The molecule has 0 radical (unpaired) electrons. The normalized spacial score (nSPS) is 11.6. The highest BCUT2D eigenvalue weighted by Crippen LogP contribution is 2.27. The van der Waals surface area contributed by atoms with Gasteiger partial charge in [-0.2, -0.15) is 18.2 Å². The van der Waals surface area contributed by atoms with Gasteiger partial charge in [-0.1, -0.05) is 17.3 Å². The van der Waals surface area contributed by atoms with E-state index >= 15 is 0 Å². The summed E-state index contributed by atoms with van der Waals surface area (Å²) in [5, 5.41) is 6.51. The van der Waals surface area contributed by atoms with Gasteiger partial charge in [-0.05, 0) is 12.1 Å². The maximum atomic E-state index is 12.1. The number of aryl methyl sites for hydroxylation is 1. The second-order valence-corrected chi connectivity index (χ2v) is 3.93. The van der Waals surface area contributed by atoms with Crippen molar-refractivity contribution < 1.29 is 17.7 Å². The Morgan fingerprint density at radius 3 is 2.68 bits per heavy atom. The van der Waals surface area contributed by atoms with Crippen molar-refractivity contribution in [1.82, 2.24) is 10.1 Å². The minimum Gasteiger partial charge on any atom is -0.387 e. The molecule has 0 bridgehead atoms. The summed E-state index contributed by atoms with van der Waals surface area (Å²) in [6.45, 7) is 0. The minimum atomic E-state index is -4.22. The van der Waals surface area contributed by atoms with Crippen molar-refractivity contribution in [3.05, 3.63) is 30.1 Å². The number of rotatable bonds is 4. The van der Waals surface area contributed by atoms with Crippen LogP contribution in [0.2, 0.25) is 0 Å². The topological polar surface area (TPSA) is 51.0 Å². The van der Waals surface area contributed by atoms with Gasteiger partial charge >= 0.3 is 6.18 Å². The molecule has 2 aromatic rings. The van der Waals surface area contributed by atoms with Crippen molar-refractivity contribution in [3.8, 4) is 11.5 Å². The molecular weight excluding hydrogens is 259 g/mol. The van der Waals surface area contributed by atoms with Crippen LogP contribution in [0.1, 0.15) is 12.2 Å². The molecule has 0 amide bonds. The second kappa shape index (κ2) is 5.29. The first-order valence-corrected chi connectivity index (χ1v) is 5.66. The fraction of sp³-hybridized carbons (Fsp3) is 0.333. The van der Waals surface area contributed by atoms with E-state index in [0.29, 0.717) is 5.56 Å². The van der Waals surface area contributed by atoms with Crippen molar-refractivity contribution in [3.63, 3.8) is 0 Å².